The van der Waals surface area contributed by atoms with Gasteiger partial charge in [0.1, 0.15) is 0 Å². The minimum Gasteiger partial charge on any atom is -0.475 e. The van der Waals surface area contributed by atoms with E-state index < -0.39 is 30.0 Å². The smallest absolute Gasteiger partial charge is 0.344 e. The molecule has 0 atom stereocenters. The Balaban J connectivity index is 1.58. The molecule has 2 aromatic carbocycles. The van der Waals surface area contributed by atoms with Gasteiger partial charge in [0.25, 0.3) is 5.91 Å². The van der Waals surface area contributed by atoms with Gasteiger partial charge in [-0.05, 0) is 30.4 Å². The van der Waals surface area contributed by atoms with Crippen LogP contribution in [0.2, 0.25) is 0 Å². The molecule has 0 heterocycles. The van der Waals surface area contributed by atoms with E-state index >= 15 is 0 Å². The number of hydrogen-bond donors (Lipinski definition) is 1. The quantitative estimate of drug-likeness (QED) is 0.202. The number of para-hydroxylation sites is 2. The van der Waals surface area contributed by atoms with Crippen molar-refractivity contribution >= 4 is 29.3 Å². The zero-order valence-electron chi connectivity index (χ0n) is 15.0. The Morgan fingerprint density at radius 2 is 1.75 bits per heavy atom. The van der Waals surface area contributed by atoms with Gasteiger partial charge in [-0.25, -0.2) is 4.79 Å². The molecule has 8 nitrogen and oxygen atoms in total. The highest BCUT2D eigenvalue weighted by Crippen LogP contribution is 2.25. The lowest BCUT2D eigenvalue weighted by atomic mass is 10.3. The molecular formula is C19H20N2O6S. The number of nitro benzene ring substituents is 1. The van der Waals surface area contributed by atoms with Crippen LogP contribution in [0.15, 0.2) is 59.5 Å². The van der Waals surface area contributed by atoms with E-state index in [0.29, 0.717) is 6.54 Å². The normalized spacial score (nSPS) is 10.1. The van der Waals surface area contributed by atoms with Crippen molar-refractivity contribution in [1.82, 2.24) is 5.32 Å². The number of rotatable bonds is 11. The van der Waals surface area contributed by atoms with Crippen LogP contribution in [0.4, 0.5) is 5.69 Å². The molecular weight excluding hydrogens is 384 g/mol. The first-order valence-corrected chi connectivity index (χ1v) is 9.51. The minimum absolute atomic E-state index is 0.0372. The van der Waals surface area contributed by atoms with Crippen molar-refractivity contribution in [3.05, 3.63) is 64.7 Å². The number of nitrogens with zero attached hydrogens (tertiary/aromatic N) is 1. The predicted octanol–water partition coefficient (Wildman–Crippen LogP) is 2.82. The first kappa shape index (κ1) is 21.2. The maximum atomic E-state index is 11.7. The maximum Gasteiger partial charge on any atom is 0.344 e. The molecule has 0 radical (unpaired) electrons. The number of nitro groups is 1. The number of benzene rings is 2. The third-order valence-electron chi connectivity index (χ3n) is 3.43. The number of hydrogen-bond acceptors (Lipinski definition) is 7. The summed E-state index contributed by atoms with van der Waals surface area (Å²) in [5.41, 5.74) is -0.249. The summed E-state index contributed by atoms with van der Waals surface area (Å²) in [5.74, 6) is -0.380. The standard InChI is InChI=1S/C19H20N2O6S/c22-18(20-11-6-12-28-15-7-2-1-3-8-15)13-27-19(23)14-26-17-10-5-4-9-16(17)21(24)25/h1-5,7-10H,6,11-14H2,(H,20,22). The summed E-state index contributed by atoms with van der Waals surface area (Å²) in [4.78, 5) is 34.7. The Bertz CT molecular complexity index is 800. The lowest BCUT2D eigenvalue weighted by molar-refractivity contribution is -0.385. The van der Waals surface area contributed by atoms with Gasteiger partial charge in [0.05, 0.1) is 4.92 Å². The van der Waals surface area contributed by atoms with E-state index in [4.69, 9.17) is 9.47 Å². The van der Waals surface area contributed by atoms with Crippen molar-refractivity contribution in [2.75, 3.05) is 25.5 Å². The van der Waals surface area contributed by atoms with E-state index in [1.807, 2.05) is 30.3 Å². The second-order valence-electron chi connectivity index (χ2n) is 5.54. The van der Waals surface area contributed by atoms with Crippen LogP contribution >= 0.6 is 11.8 Å². The molecule has 0 unspecified atom stereocenters. The molecule has 0 aliphatic rings. The lowest BCUT2D eigenvalue weighted by Crippen LogP contribution is -2.30. The molecule has 0 saturated heterocycles. The molecule has 1 N–H and O–H groups in total. The predicted molar refractivity (Wildman–Crippen MR) is 104 cm³/mol. The molecule has 0 bridgehead atoms. The summed E-state index contributed by atoms with van der Waals surface area (Å²) in [6.45, 7) is -0.473. The Morgan fingerprint density at radius 3 is 2.50 bits per heavy atom. The topological polar surface area (TPSA) is 108 Å². The number of thioether (sulfide) groups is 1. The van der Waals surface area contributed by atoms with Gasteiger partial charge < -0.3 is 14.8 Å². The Hall–Kier alpha value is -3.07. The van der Waals surface area contributed by atoms with Crippen LogP contribution in [-0.2, 0) is 14.3 Å². The van der Waals surface area contributed by atoms with Gasteiger partial charge in [-0.3, -0.25) is 14.9 Å². The van der Waals surface area contributed by atoms with Crippen molar-refractivity contribution in [3.63, 3.8) is 0 Å². The van der Waals surface area contributed by atoms with Crippen LogP contribution < -0.4 is 10.1 Å². The molecule has 0 saturated carbocycles. The van der Waals surface area contributed by atoms with Crippen LogP contribution in [0.1, 0.15) is 6.42 Å². The molecule has 1 amide bonds. The van der Waals surface area contributed by atoms with E-state index in [1.165, 1.54) is 23.1 Å². The van der Waals surface area contributed by atoms with Crippen molar-refractivity contribution in [3.8, 4) is 5.75 Å². The number of carbonyl (C=O) groups is 2. The molecule has 9 heteroatoms. The largest absolute Gasteiger partial charge is 0.475 e. The molecule has 0 spiro atoms. The van der Waals surface area contributed by atoms with E-state index in [0.717, 1.165) is 12.2 Å². The molecule has 28 heavy (non-hydrogen) atoms. The number of carbonyl (C=O) groups excluding carboxylic acids is 2. The first-order chi connectivity index (χ1) is 13.6. The van der Waals surface area contributed by atoms with Crippen molar-refractivity contribution in [2.24, 2.45) is 0 Å². The third kappa shape index (κ3) is 7.67. The van der Waals surface area contributed by atoms with Crippen LogP contribution in [0, 0.1) is 10.1 Å². The van der Waals surface area contributed by atoms with Gasteiger partial charge in [0.2, 0.25) is 0 Å². The van der Waals surface area contributed by atoms with Crippen LogP contribution in [-0.4, -0.2) is 42.3 Å². The molecule has 2 rings (SSSR count). The van der Waals surface area contributed by atoms with Crippen molar-refractivity contribution in [2.45, 2.75) is 11.3 Å². The van der Waals surface area contributed by atoms with Crippen molar-refractivity contribution in [1.29, 1.82) is 0 Å². The van der Waals surface area contributed by atoms with Gasteiger partial charge in [-0.15, -0.1) is 11.8 Å². The van der Waals surface area contributed by atoms with E-state index in [-0.39, 0.29) is 11.4 Å². The molecule has 0 fully saturated rings. The summed E-state index contributed by atoms with van der Waals surface area (Å²) >= 11 is 1.70. The summed E-state index contributed by atoms with van der Waals surface area (Å²) in [5, 5.41) is 13.5. The average Bonchev–Trinajstić information content (AvgIpc) is 2.71. The highest BCUT2D eigenvalue weighted by atomic mass is 32.2. The summed E-state index contributed by atoms with van der Waals surface area (Å²) in [7, 11) is 0. The Kier molecular flexibility index (Phi) is 8.80. The van der Waals surface area contributed by atoms with Gasteiger partial charge >= 0.3 is 11.7 Å². The molecule has 0 aliphatic heterocycles. The van der Waals surface area contributed by atoms with E-state index in [9.17, 15) is 19.7 Å². The lowest BCUT2D eigenvalue weighted by Gasteiger charge is -2.08. The number of esters is 1. The monoisotopic (exact) mass is 404 g/mol. The van der Waals surface area contributed by atoms with Gasteiger partial charge in [0.15, 0.2) is 19.0 Å². The van der Waals surface area contributed by atoms with Gasteiger partial charge in [-0.2, -0.15) is 0 Å². The number of amides is 1. The molecule has 2 aromatic rings. The fourth-order valence-corrected chi connectivity index (χ4v) is 2.99. The molecule has 0 aliphatic carbocycles. The Labute approximate surface area is 166 Å². The van der Waals surface area contributed by atoms with Crippen LogP contribution in [0.3, 0.4) is 0 Å². The summed E-state index contributed by atoms with van der Waals surface area (Å²) < 4.78 is 9.90. The van der Waals surface area contributed by atoms with Crippen molar-refractivity contribution < 1.29 is 24.0 Å². The minimum atomic E-state index is -0.784. The SMILES string of the molecule is O=C(COC(=O)COc1ccccc1[N+](=O)[O-])NCCCSc1ccccc1. The average molecular weight is 404 g/mol. The highest BCUT2D eigenvalue weighted by Gasteiger charge is 2.15. The fraction of sp³-hybridized carbons (Fsp3) is 0.263. The Morgan fingerprint density at radius 1 is 1.04 bits per heavy atom. The van der Waals surface area contributed by atoms with Crippen LogP contribution in [0.25, 0.3) is 0 Å². The maximum absolute atomic E-state index is 11.7. The second-order valence-corrected chi connectivity index (χ2v) is 6.71. The zero-order valence-corrected chi connectivity index (χ0v) is 15.9. The number of ether oxygens (including phenoxy) is 2. The first-order valence-electron chi connectivity index (χ1n) is 8.52. The second kappa shape index (κ2) is 11.6. The van der Waals surface area contributed by atoms with Gasteiger partial charge in [0, 0.05) is 17.5 Å². The number of nitrogens with one attached hydrogen (secondary N) is 1. The van der Waals surface area contributed by atoms with Crippen LogP contribution in [0.5, 0.6) is 5.75 Å². The zero-order chi connectivity index (χ0) is 20.2. The molecule has 0 aromatic heterocycles. The van der Waals surface area contributed by atoms with E-state index in [2.05, 4.69) is 5.32 Å². The van der Waals surface area contributed by atoms with Gasteiger partial charge in [-0.1, -0.05) is 30.3 Å². The third-order valence-corrected chi connectivity index (χ3v) is 4.53. The summed E-state index contributed by atoms with van der Waals surface area (Å²) in [6, 6.07) is 15.6. The molecule has 148 valence electrons. The fourth-order valence-electron chi connectivity index (χ4n) is 2.11. The highest BCUT2D eigenvalue weighted by molar-refractivity contribution is 7.99. The summed E-state index contributed by atoms with van der Waals surface area (Å²) in [6.07, 6.45) is 0.778. The van der Waals surface area contributed by atoms with E-state index in [1.54, 1.807) is 17.8 Å².